The second kappa shape index (κ2) is 8.17. The number of thiophene rings is 1. The van der Waals surface area contributed by atoms with Gasteiger partial charge >= 0.3 is 6.03 Å². The monoisotopic (exact) mass is 284 g/mol. The molecule has 3 N–H and O–H groups in total. The number of urea groups is 1. The van der Waals surface area contributed by atoms with Crippen molar-refractivity contribution in [1.82, 2.24) is 10.6 Å². The number of rotatable bonds is 7. The molecule has 0 aliphatic rings. The van der Waals surface area contributed by atoms with E-state index in [1.165, 1.54) is 4.88 Å². The summed E-state index contributed by atoms with van der Waals surface area (Å²) in [5, 5.41) is 17.0. The summed E-state index contributed by atoms with van der Waals surface area (Å²) in [6.45, 7) is 6.10. The van der Waals surface area contributed by atoms with Crippen LogP contribution in [0.2, 0.25) is 0 Å². The van der Waals surface area contributed by atoms with Crippen molar-refractivity contribution >= 4 is 17.4 Å². The molecule has 0 radical (unpaired) electrons. The molecular formula is C14H24N2O2S. The minimum absolute atomic E-state index is 0.0229. The van der Waals surface area contributed by atoms with E-state index in [1.807, 2.05) is 18.4 Å². The van der Waals surface area contributed by atoms with Crippen LogP contribution < -0.4 is 10.6 Å². The van der Waals surface area contributed by atoms with Gasteiger partial charge in [0.15, 0.2) is 0 Å². The molecule has 0 fully saturated rings. The van der Waals surface area contributed by atoms with Gasteiger partial charge in [0.2, 0.25) is 0 Å². The molecule has 1 rings (SSSR count). The molecule has 5 heteroatoms. The molecule has 0 saturated carbocycles. The summed E-state index contributed by atoms with van der Waals surface area (Å²) in [4.78, 5) is 13.1. The molecule has 2 unspecified atom stereocenters. The summed E-state index contributed by atoms with van der Waals surface area (Å²) in [5.41, 5.74) is 0. The SMILES string of the molecule is CC(C)CC(CO)NC(=O)NC(C)Cc1cccs1. The maximum Gasteiger partial charge on any atom is 0.315 e. The zero-order valence-electron chi connectivity index (χ0n) is 11.8. The Hall–Kier alpha value is -1.07. The number of nitrogens with one attached hydrogen (secondary N) is 2. The van der Waals surface area contributed by atoms with E-state index in [9.17, 15) is 9.90 Å². The first-order valence-corrected chi connectivity index (χ1v) is 7.59. The first kappa shape index (κ1) is 16.0. The highest BCUT2D eigenvalue weighted by Gasteiger charge is 2.14. The summed E-state index contributed by atoms with van der Waals surface area (Å²) >= 11 is 1.69. The van der Waals surface area contributed by atoms with Crippen LogP contribution in [-0.4, -0.2) is 29.8 Å². The molecule has 0 saturated heterocycles. The predicted molar refractivity (Wildman–Crippen MR) is 79.5 cm³/mol. The lowest BCUT2D eigenvalue weighted by Gasteiger charge is -2.20. The maximum atomic E-state index is 11.8. The molecular weight excluding hydrogens is 260 g/mol. The summed E-state index contributed by atoms with van der Waals surface area (Å²) in [6, 6.07) is 3.78. The van der Waals surface area contributed by atoms with Crippen molar-refractivity contribution in [3.63, 3.8) is 0 Å². The van der Waals surface area contributed by atoms with Gasteiger partial charge in [-0.2, -0.15) is 0 Å². The Morgan fingerprint density at radius 2 is 2.11 bits per heavy atom. The standard InChI is InChI=1S/C14H24N2O2S/c1-10(2)7-12(9-17)16-14(18)15-11(3)8-13-5-4-6-19-13/h4-6,10-12,17H,7-9H2,1-3H3,(H2,15,16,18). The van der Waals surface area contributed by atoms with Crippen LogP contribution in [0.3, 0.4) is 0 Å². The molecule has 0 aliphatic heterocycles. The predicted octanol–water partition coefficient (Wildman–Crippen LogP) is 2.39. The first-order chi connectivity index (χ1) is 9.01. The lowest BCUT2D eigenvalue weighted by atomic mass is 10.0. The van der Waals surface area contributed by atoms with Gasteiger partial charge < -0.3 is 15.7 Å². The number of aliphatic hydroxyl groups excluding tert-OH is 1. The average Bonchev–Trinajstić information content (AvgIpc) is 2.79. The van der Waals surface area contributed by atoms with E-state index in [0.717, 1.165) is 12.8 Å². The van der Waals surface area contributed by atoms with Crippen molar-refractivity contribution in [2.75, 3.05) is 6.61 Å². The van der Waals surface area contributed by atoms with Gasteiger partial charge in [0.05, 0.1) is 12.6 Å². The van der Waals surface area contributed by atoms with E-state index >= 15 is 0 Å². The molecule has 0 aliphatic carbocycles. The molecule has 19 heavy (non-hydrogen) atoms. The van der Waals surface area contributed by atoms with E-state index in [1.54, 1.807) is 11.3 Å². The van der Waals surface area contributed by atoms with Crippen molar-refractivity contribution in [2.45, 2.75) is 45.7 Å². The van der Waals surface area contributed by atoms with Crippen LogP contribution in [0, 0.1) is 5.92 Å². The van der Waals surface area contributed by atoms with Crippen LogP contribution in [0.4, 0.5) is 4.79 Å². The molecule has 0 bridgehead atoms. The topological polar surface area (TPSA) is 61.4 Å². The van der Waals surface area contributed by atoms with Crippen molar-refractivity contribution in [3.05, 3.63) is 22.4 Å². The van der Waals surface area contributed by atoms with E-state index in [2.05, 4.69) is 30.5 Å². The lowest BCUT2D eigenvalue weighted by molar-refractivity contribution is 0.205. The molecule has 0 aromatic carbocycles. The second-order valence-electron chi connectivity index (χ2n) is 5.31. The normalized spacial score (nSPS) is 14.2. The number of carbonyl (C=O) groups excluding carboxylic acids is 1. The minimum atomic E-state index is -0.205. The summed E-state index contributed by atoms with van der Waals surface area (Å²) in [7, 11) is 0. The number of aliphatic hydroxyl groups is 1. The molecule has 4 nitrogen and oxygen atoms in total. The van der Waals surface area contributed by atoms with Gasteiger partial charge in [0, 0.05) is 17.3 Å². The molecule has 1 aromatic rings. The average molecular weight is 284 g/mol. The highest BCUT2D eigenvalue weighted by Crippen LogP contribution is 2.11. The molecule has 2 atom stereocenters. The van der Waals surface area contributed by atoms with Crippen molar-refractivity contribution in [2.24, 2.45) is 5.92 Å². The summed E-state index contributed by atoms with van der Waals surface area (Å²) in [6.07, 6.45) is 1.61. The van der Waals surface area contributed by atoms with Gasteiger partial charge in [-0.3, -0.25) is 0 Å². The fourth-order valence-electron chi connectivity index (χ4n) is 1.98. The van der Waals surface area contributed by atoms with Crippen LogP contribution in [0.1, 0.15) is 32.1 Å². The van der Waals surface area contributed by atoms with E-state index in [-0.39, 0.29) is 24.7 Å². The Balaban J connectivity index is 2.33. The third kappa shape index (κ3) is 6.59. The highest BCUT2D eigenvalue weighted by atomic mass is 32.1. The fourth-order valence-corrected chi connectivity index (χ4v) is 2.82. The molecule has 0 spiro atoms. The minimum Gasteiger partial charge on any atom is -0.394 e. The summed E-state index contributed by atoms with van der Waals surface area (Å²) < 4.78 is 0. The summed E-state index contributed by atoms with van der Waals surface area (Å²) in [5.74, 6) is 0.445. The van der Waals surface area contributed by atoms with Crippen LogP contribution in [0.15, 0.2) is 17.5 Å². The third-order valence-corrected chi connectivity index (χ3v) is 3.68. The highest BCUT2D eigenvalue weighted by molar-refractivity contribution is 7.09. The zero-order valence-corrected chi connectivity index (χ0v) is 12.7. The molecule has 108 valence electrons. The number of hydrogen-bond acceptors (Lipinski definition) is 3. The molecule has 2 amide bonds. The maximum absolute atomic E-state index is 11.8. The third-order valence-electron chi connectivity index (χ3n) is 2.78. The van der Waals surface area contributed by atoms with Crippen LogP contribution >= 0.6 is 11.3 Å². The largest absolute Gasteiger partial charge is 0.394 e. The van der Waals surface area contributed by atoms with Crippen LogP contribution in [0.5, 0.6) is 0 Å². The van der Waals surface area contributed by atoms with E-state index in [4.69, 9.17) is 0 Å². The van der Waals surface area contributed by atoms with Crippen molar-refractivity contribution < 1.29 is 9.90 Å². The van der Waals surface area contributed by atoms with Gasteiger partial charge in [-0.25, -0.2) is 4.79 Å². The Labute approximate surface area is 119 Å². The van der Waals surface area contributed by atoms with Gasteiger partial charge in [-0.1, -0.05) is 19.9 Å². The lowest BCUT2D eigenvalue weighted by Crippen LogP contribution is -2.47. The van der Waals surface area contributed by atoms with Crippen molar-refractivity contribution in [3.8, 4) is 0 Å². The Kier molecular flexibility index (Phi) is 6.87. The fraction of sp³-hybridized carbons (Fsp3) is 0.643. The Morgan fingerprint density at radius 3 is 2.63 bits per heavy atom. The van der Waals surface area contributed by atoms with Crippen molar-refractivity contribution in [1.29, 1.82) is 0 Å². The molecule has 1 aromatic heterocycles. The van der Waals surface area contributed by atoms with Crippen LogP contribution in [-0.2, 0) is 6.42 Å². The van der Waals surface area contributed by atoms with Gasteiger partial charge in [-0.15, -0.1) is 11.3 Å². The number of amides is 2. The Morgan fingerprint density at radius 1 is 1.37 bits per heavy atom. The smallest absolute Gasteiger partial charge is 0.315 e. The van der Waals surface area contributed by atoms with Gasteiger partial charge in [0.25, 0.3) is 0 Å². The second-order valence-corrected chi connectivity index (χ2v) is 6.34. The van der Waals surface area contributed by atoms with Gasteiger partial charge in [0.1, 0.15) is 0 Å². The van der Waals surface area contributed by atoms with Gasteiger partial charge in [-0.05, 0) is 30.7 Å². The Bertz CT molecular complexity index is 366. The molecule has 1 heterocycles. The number of carbonyl (C=O) groups is 1. The first-order valence-electron chi connectivity index (χ1n) is 6.71. The van der Waals surface area contributed by atoms with Crippen LogP contribution in [0.25, 0.3) is 0 Å². The van der Waals surface area contributed by atoms with E-state index < -0.39 is 0 Å². The number of hydrogen-bond donors (Lipinski definition) is 3. The van der Waals surface area contributed by atoms with E-state index in [0.29, 0.717) is 5.92 Å². The quantitative estimate of drug-likeness (QED) is 0.720. The zero-order chi connectivity index (χ0) is 14.3.